The van der Waals surface area contributed by atoms with Crippen LogP contribution in [0.5, 0.6) is 5.75 Å². The molecule has 0 saturated carbocycles. The quantitative estimate of drug-likeness (QED) is 0.732. The molecule has 0 aliphatic carbocycles. The number of nitrogens with one attached hydrogen (secondary N) is 1. The zero-order chi connectivity index (χ0) is 20.9. The van der Waals surface area contributed by atoms with Crippen LogP contribution >= 0.6 is 0 Å². The summed E-state index contributed by atoms with van der Waals surface area (Å²) in [6.07, 6.45) is 3.06. The van der Waals surface area contributed by atoms with Crippen molar-refractivity contribution in [2.75, 3.05) is 38.7 Å². The monoisotopic (exact) mass is 416 g/mol. The first-order valence-electron chi connectivity index (χ1n) is 9.22. The topological polar surface area (TPSA) is 84.9 Å². The predicted molar refractivity (Wildman–Crippen MR) is 111 cm³/mol. The Bertz CT molecular complexity index is 1010. The number of benzene rings is 2. The molecule has 1 fully saturated rings. The zero-order valence-corrected chi connectivity index (χ0v) is 17.2. The van der Waals surface area contributed by atoms with Crippen LogP contribution in [0.3, 0.4) is 0 Å². The van der Waals surface area contributed by atoms with Crippen molar-refractivity contribution in [2.24, 2.45) is 0 Å². The van der Waals surface area contributed by atoms with E-state index in [9.17, 15) is 13.2 Å². The molecule has 1 aliphatic heterocycles. The van der Waals surface area contributed by atoms with Gasteiger partial charge in [-0.05, 0) is 48.4 Å². The Labute approximate surface area is 171 Å². The maximum absolute atomic E-state index is 12.9. The smallest absolute Gasteiger partial charge is 0.248 e. The Morgan fingerprint density at radius 1 is 1.17 bits per heavy atom. The van der Waals surface area contributed by atoms with E-state index in [-0.39, 0.29) is 10.8 Å². The van der Waals surface area contributed by atoms with E-state index in [0.29, 0.717) is 43.3 Å². The van der Waals surface area contributed by atoms with Crippen LogP contribution in [0, 0.1) is 6.92 Å². The largest absolute Gasteiger partial charge is 0.497 e. The summed E-state index contributed by atoms with van der Waals surface area (Å²) in [5.74, 6) is 0.343. The lowest BCUT2D eigenvalue weighted by atomic mass is 10.2. The number of hydrogen-bond acceptors (Lipinski definition) is 5. The number of anilines is 1. The maximum atomic E-state index is 12.9. The molecule has 1 heterocycles. The predicted octanol–water partition coefficient (Wildman–Crippen LogP) is 2.68. The lowest BCUT2D eigenvalue weighted by Crippen LogP contribution is -2.40. The van der Waals surface area contributed by atoms with Gasteiger partial charge in [0.15, 0.2) is 0 Å². The maximum Gasteiger partial charge on any atom is 0.248 e. The first-order valence-corrected chi connectivity index (χ1v) is 10.7. The average Bonchev–Trinajstić information content (AvgIpc) is 2.74. The molecule has 0 atom stereocenters. The zero-order valence-electron chi connectivity index (χ0n) is 16.4. The van der Waals surface area contributed by atoms with Crippen molar-refractivity contribution in [2.45, 2.75) is 11.8 Å². The van der Waals surface area contributed by atoms with Gasteiger partial charge in [-0.3, -0.25) is 4.79 Å². The summed E-state index contributed by atoms with van der Waals surface area (Å²) in [6.45, 7) is 3.14. The molecule has 0 bridgehead atoms. The Morgan fingerprint density at radius 2 is 1.93 bits per heavy atom. The van der Waals surface area contributed by atoms with Gasteiger partial charge in [-0.25, -0.2) is 8.42 Å². The van der Waals surface area contributed by atoms with Crippen LogP contribution in [0.15, 0.2) is 53.4 Å². The lowest BCUT2D eigenvalue weighted by Gasteiger charge is -2.26. The summed E-state index contributed by atoms with van der Waals surface area (Å²) in [5.41, 5.74) is 1.86. The number of carbonyl (C=O) groups excluding carboxylic acids is 1. The molecule has 0 unspecified atom stereocenters. The first kappa shape index (κ1) is 21.0. The third kappa shape index (κ3) is 5.23. The normalized spacial score (nSPS) is 15.4. The van der Waals surface area contributed by atoms with E-state index in [0.717, 1.165) is 5.56 Å². The number of aryl methyl sites for hydroxylation is 1. The molecule has 29 heavy (non-hydrogen) atoms. The Balaban J connectivity index is 1.75. The molecule has 7 nitrogen and oxygen atoms in total. The Kier molecular flexibility index (Phi) is 6.68. The second kappa shape index (κ2) is 9.21. The molecule has 0 spiro atoms. The minimum absolute atomic E-state index is 0.189. The highest BCUT2D eigenvalue weighted by Crippen LogP contribution is 2.24. The molecule has 154 valence electrons. The summed E-state index contributed by atoms with van der Waals surface area (Å²) in [4.78, 5) is 12.5. The third-order valence-corrected chi connectivity index (χ3v) is 6.61. The molecule has 3 rings (SSSR count). The van der Waals surface area contributed by atoms with Crippen molar-refractivity contribution in [1.29, 1.82) is 0 Å². The van der Waals surface area contributed by atoms with E-state index >= 15 is 0 Å². The summed E-state index contributed by atoms with van der Waals surface area (Å²) in [7, 11) is -2.06. The van der Waals surface area contributed by atoms with E-state index in [2.05, 4.69) is 5.32 Å². The van der Waals surface area contributed by atoms with E-state index in [1.54, 1.807) is 32.2 Å². The van der Waals surface area contributed by atoms with Crippen LogP contribution < -0.4 is 10.1 Å². The molecular weight excluding hydrogens is 392 g/mol. The van der Waals surface area contributed by atoms with Crippen LogP contribution in [-0.4, -0.2) is 52.0 Å². The van der Waals surface area contributed by atoms with Gasteiger partial charge in [-0.15, -0.1) is 0 Å². The first-order chi connectivity index (χ1) is 13.9. The molecule has 2 aromatic carbocycles. The van der Waals surface area contributed by atoms with Gasteiger partial charge in [0.05, 0.1) is 25.2 Å². The number of rotatable bonds is 6. The highest BCUT2D eigenvalue weighted by Gasteiger charge is 2.28. The number of amides is 1. The molecular formula is C21H24N2O5S. The number of sulfonamides is 1. The van der Waals surface area contributed by atoms with Crippen molar-refractivity contribution in [3.05, 3.63) is 59.7 Å². The van der Waals surface area contributed by atoms with Crippen molar-refractivity contribution in [3.63, 3.8) is 0 Å². The molecule has 1 amide bonds. The minimum Gasteiger partial charge on any atom is -0.497 e. The van der Waals surface area contributed by atoms with Crippen molar-refractivity contribution in [3.8, 4) is 5.75 Å². The highest BCUT2D eigenvalue weighted by molar-refractivity contribution is 7.89. The van der Waals surface area contributed by atoms with Gasteiger partial charge in [0.2, 0.25) is 15.9 Å². The number of ether oxygens (including phenoxy) is 2. The molecule has 0 aromatic heterocycles. The molecule has 8 heteroatoms. The van der Waals surface area contributed by atoms with Gasteiger partial charge in [0, 0.05) is 24.9 Å². The molecule has 0 radical (unpaired) electrons. The Morgan fingerprint density at radius 3 is 2.66 bits per heavy atom. The molecule has 1 aliphatic rings. The highest BCUT2D eigenvalue weighted by atomic mass is 32.2. The second-order valence-corrected chi connectivity index (χ2v) is 8.50. The number of hydrogen-bond donors (Lipinski definition) is 1. The van der Waals surface area contributed by atoms with Crippen LogP contribution in [0.25, 0.3) is 6.08 Å². The standard InChI is InChI=1S/C21H24N2O5S/c1-16-6-8-18(15-20(16)29(25,26)23-10-12-28-13-11-23)22-21(24)9-7-17-4-3-5-19(14-17)27-2/h3-9,14-15H,10-13H2,1-2H3,(H,22,24)/b9-7+. The summed E-state index contributed by atoms with van der Waals surface area (Å²) >= 11 is 0. The number of morpholine rings is 1. The molecule has 1 N–H and O–H groups in total. The number of methoxy groups -OCH3 is 1. The van der Waals surface area contributed by atoms with Crippen LogP contribution in [0.2, 0.25) is 0 Å². The van der Waals surface area contributed by atoms with Gasteiger partial charge in [0.25, 0.3) is 0 Å². The minimum atomic E-state index is -3.64. The Hall–Kier alpha value is -2.68. The molecule has 2 aromatic rings. The summed E-state index contributed by atoms with van der Waals surface area (Å²) in [6, 6.07) is 12.2. The number of carbonyl (C=O) groups is 1. The van der Waals surface area contributed by atoms with Crippen molar-refractivity contribution < 1.29 is 22.7 Å². The average molecular weight is 416 g/mol. The van der Waals surface area contributed by atoms with Crippen LogP contribution in [-0.2, 0) is 19.6 Å². The fourth-order valence-corrected chi connectivity index (χ4v) is 4.64. The van der Waals surface area contributed by atoms with Crippen LogP contribution in [0.4, 0.5) is 5.69 Å². The second-order valence-electron chi connectivity index (χ2n) is 6.60. The van der Waals surface area contributed by atoms with Gasteiger partial charge >= 0.3 is 0 Å². The number of nitrogens with zero attached hydrogens (tertiary/aromatic N) is 1. The van der Waals surface area contributed by atoms with Gasteiger partial charge in [0.1, 0.15) is 5.75 Å². The third-order valence-electron chi connectivity index (χ3n) is 4.56. The van der Waals surface area contributed by atoms with Gasteiger partial charge in [-0.2, -0.15) is 4.31 Å². The molecule has 1 saturated heterocycles. The summed E-state index contributed by atoms with van der Waals surface area (Å²) in [5, 5.41) is 2.72. The fourth-order valence-electron chi connectivity index (χ4n) is 2.98. The van der Waals surface area contributed by atoms with Crippen molar-refractivity contribution >= 4 is 27.7 Å². The summed E-state index contributed by atoms with van der Waals surface area (Å²) < 4.78 is 37.7. The van der Waals surface area contributed by atoms with Crippen molar-refractivity contribution in [1.82, 2.24) is 4.31 Å². The van der Waals surface area contributed by atoms with E-state index in [1.807, 2.05) is 24.3 Å². The SMILES string of the molecule is COc1cccc(/C=C/C(=O)Nc2ccc(C)c(S(=O)(=O)N3CCOCC3)c2)c1. The van der Waals surface area contributed by atoms with Gasteiger partial charge in [-0.1, -0.05) is 18.2 Å². The van der Waals surface area contributed by atoms with E-state index in [1.165, 1.54) is 16.4 Å². The lowest BCUT2D eigenvalue weighted by molar-refractivity contribution is -0.111. The van der Waals surface area contributed by atoms with E-state index < -0.39 is 10.0 Å². The van der Waals surface area contributed by atoms with Gasteiger partial charge < -0.3 is 14.8 Å². The van der Waals surface area contributed by atoms with E-state index in [4.69, 9.17) is 9.47 Å². The fraction of sp³-hybridized carbons (Fsp3) is 0.286. The van der Waals surface area contributed by atoms with Crippen LogP contribution in [0.1, 0.15) is 11.1 Å².